The molecule has 0 bridgehead atoms. The minimum absolute atomic E-state index is 0.0122. The largest absolute Gasteiger partial charge is 0.325 e. The third-order valence-electron chi connectivity index (χ3n) is 5.67. The van der Waals surface area contributed by atoms with Crippen molar-refractivity contribution in [3.05, 3.63) is 72.1 Å². The Kier molecular flexibility index (Phi) is 5.59. The molecule has 148 valence electrons. The van der Waals surface area contributed by atoms with E-state index in [9.17, 15) is 10.1 Å². The molecule has 2 amide bonds. The van der Waals surface area contributed by atoms with E-state index in [4.69, 9.17) is 0 Å². The Balaban J connectivity index is 1.42. The van der Waals surface area contributed by atoms with Gasteiger partial charge in [0.1, 0.15) is 0 Å². The van der Waals surface area contributed by atoms with E-state index in [0.717, 1.165) is 43.7 Å². The fraction of sp³-hybridized carbons (Fsp3) is 0.348. The van der Waals surface area contributed by atoms with Crippen LogP contribution in [0.3, 0.4) is 0 Å². The lowest BCUT2D eigenvalue weighted by Gasteiger charge is -2.44. The number of likely N-dealkylation sites (tertiary alicyclic amines) is 1. The lowest BCUT2D eigenvalue weighted by molar-refractivity contribution is 0.121. The van der Waals surface area contributed by atoms with Crippen molar-refractivity contribution in [2.75, 3.05) is 31.1 Å². The van der Waals surface area contributed by atoms with Gasteiger partial charge in [-0.2, -0.15) is 5.26 Å². The summed E-state index contributed by atoms with van der Waals surface area (Å²) < 4.78 is 0. The van der Waals surface area contributed by atoms with Gasteiger partial charge in [0.15, 0.2) is 0 Å². The van der Waals surface area contributed by atoms with Crippen molar-refractivity contribution in [2.24, 2.45) is 0 Å². The summed E-state index contributed by atoms with van der Waals surface area (Å²) in [4.78, 5) is 23.6. The summed E-state index contributed by atoms with van der Waals surface area (Å²) in [5.74, 6) is 0. The molecular formula is C23H25N5O. The zero-order chi connectivity index (χ0) is 20.2. The molecule has 1 aromatic heterocycles. The molecule has 2 saturated heterocycles. The molecule has 3 heterocycles. The highest BCUT2D eigenvalue weighted by atomic mass is 16.2. The van der Waals surface area contributed by atoms with Gasteiger partial charge in [0.25, 0.3) is 0 Å². The quantitative estimate of drug-likeness (QED) is 0.754. The standard InChI is InChI=1S/C23H25N5O/c1-18-15-27(23(29)28(16-18)22-6-2-4-19(12-22)13-24)21-7-10-26(11-8-21)17-20-5-3-9-25-14-20/h2-6,9,12,14,21H,1,7-8,10-11,15-17H2. The summed E-state index contributed by atoms with van der Waals surface area (Å²) in [5.41, 5.74) is 3.55. The van der Waals surface area contributed by atoms with Gasteiger partial charge in [0.2, 0.25) is 0 Å². The van der Waals surface area contributed by atoms with Crippen LogP contribution in [0, 0.1) is 11.3 Å². The van der Waals surface area contributed by atoms with Gasteiger partial charge < -0.3 is 4.90 Å². The van der Waals surface area contributed by atoms with Crippen LogP contribution < -0.4 is 4.90 Å². The highest BCUT2D eigenvalue weighted by Gasteiger charge is 2.35. The number of benzene rings is 1. The van der Waals surface area contributed by atoms with Crippen LogP contribution in [-0.2, 0) is 6.54 Å². The molecule has 6 nitrogen and oxygen atoms in total. The van der Waals surface area contributed by atoms with Gasteiger partial charge in [0, 0.05) is 50.3 Å². The average molecular weight is 387 g/mol. The molecule has 1 aromatic carbocycles. The summed E-state index contributed by atoms with van der Waals surface area (Å²) in [6, 6.07) is 13.7. The molecule has 4 rings (SSSR count). The molecular weight excluding hydrogens is 362 g/mol. The van der Waals surface area contributed by atoms with Crippen molar-refractivity contribution >= 4 is 11.7 Å². The number of amides is 2. The van der Waals surface area contributed by atoms with Crippen molar-refractivity contribution in [3.8, 4) is 6.07 Å². The van der Waals surface area contributed by atoms with Crippen LogP contribution in [0.2, 0.25) is 0 Å². The second-order valence-corrected chi connectivity index (χ2v) is 7.78. The summed E-state index contributed by atoms with van der Waals surface area (Å²) in [5, 5.41) is 9.17. The van der Waals surface area contributed by atoms with E-state index in [1.54, 1.807) is 23.2 Å². The molecule has 29 heavy (non-hydrogen) atoms. The fourth-order valence-electron chi connectivity index (χ4n) is 4.17. The minimum Gasteiger partial charge on any atom is -0.317 e. The van der Waals surface area contributed by atoms with Gasteiger partial charge in [-0.3, -0.25) is 14.8 Å². The topological polar surface area (TPSA) is 63.5 Å². The first-order chi connectivity index (χ1) is 14.1. The minimum atomic E-state index is 0.0122. The Morgan fingerprint density at radius 3 is 2.72 bits per heavy atom. The third kappa shape index (κ3) is 4.30. The van der Waals surface area contributed by atoms with E-state index in [-0.39, 0.29) is 12.1 Å². The van der Waals surface area contributed by atoms with Gasteiger partial charge in [-0.25, -0.2) is 4.79 Å². The zero-order valence-electron chi connectivity index (χ0n) is 16.5. The lowest BCUT2D eigenvalue weighted by atomic mass is 10.0. The molecule has 0 spiro atoms. The Morgan fingerprint density at radius 1 is 1.17 bits per heavy atom. The van der Waals surface area contributed by atoms with Crippen LogP contribution in [0.25, 0.3) is 0 Å². The van der Waals surface area contributed by atoms with Crippen molar-refractivity contribution in [1.29, 1.82) is 5.26 Å². The number of nitriles is 1. The number of nitrogens with zero attached hydrogens (tertiary/aromatic N) is 5. The first kappa shape index (κ1) is 19.2. The number of carbonyl (C=O) groups excluding carboxylic acids is 1. The Labute approximate surface area is 171 Å². The summed E-state index contributed by atoms with van der Waals surface area (Å²) in [6.45, 7) is 8.09. The summed E-state index contributed by atoms with van der Waals surface area (Å²) >= 11 is 0. The molecule has 6 heteroatoms. The van der Waals surface area contributed by atoms with Gasteiger partial charge in [-0.15, -0.1) is 0 Å². The molecule has 2 aliphatic rings. The number of piperidine rings is 1. The molecule has 0 atom stereocenters. The number of rotatable bonds is 4. The van der Waals surface area contributed by atoms with Gasteiger partial charge in [0.05, 0.1) is 18.2 Å². The predicted octanol–water partition coefficient (Wildman–Crippen LogP) is 3.42. The molecule has 0 radical (unpaired) electrons. The number of aromatic nitrogens is 1. The van der Waals surface area contributed by atoms with Crippen LogP contribution in [0.15, 0.2) is 60.9 Å². The Hall–Kier alpha value is -3.17. The van der Waals surface area contributed by atoms with E-state index in [2.05, 4.69) is 28.6 Å². The average Bonchev–Trinajstić information content (AvgIpc) is 2.76. The van der Waals surface area contributed by atoms with E-state index in [1.807, 2.05) is 29.3 Å². The molecule has 0 aliphatic carbocycles. The third-order valence-corrected chi connectivity index (χ3v) is 5.67. The second-order valence-electron chi connectivity index (χ2n) is 7.78. The van der Waals surface area contributed by atoms with Crippen molar-refractivity contribution < 1.29 is 4.79 Å². The normalized spacial score (nSPS) is 18.7. The fourth-order valence-corrected chi connectivity index (χ4v) is 4.17. The number of hydrogen-bond donors (Lipinski definition) is 0. The molecule has 2 aliphatic heterocycles. The zero-order valence-corrected chi connectivity index (χ0v) is 16.5. The smallest absolute Gasteiger partial charge is 0.317 e. The van der Waals surface area contributed by atoms with E-state index >= 15 is 0 Å². The first-order valence-electron chi connectivity index (χ1n) is 10.0. The number of hydrogen-bond acceptors (Lipinski definition) is 4. The van der Waals surface area contributed by atoms with Gasteiger partial charge in [-0.1, -0.05) is 18.7 Å². The van der Waals surface area contributed by atoms with Crippen LogP contribution in [0.1, 0.15) is 24.0 Å². The van der Waals surface area contributed by atoms with Crippen LogP contribution in [0.4, 0.5) is 10.5 Å². The van der Waals surface area contributed by atoms with E-state index in [1.165, 1.54) is 5.56 Å². The highest BCUT2D eigenvalue weighted by molar-refractivity contribution is 5.94. The maximum atomic E-state index is 13.2. The van der Waals surface area contributed by atoms with Crippen molar-refractivity contribution in [3.63, 3.8) is 0 Å². The number of carbonyl (C=O) groups is 1. The number of pyridine rings is 1. The SMILES string of the molecule is C=C1CN(c2cccc(C#N)c2)C(=O)N(C2CCN(Cc3cccnc3)CC2)C1. The molecule has 0 unspecified atom stereocenters. The maximum Gasteiger partial charge on any atom is 0.325 e. The molecule has 0 N–H and O–H groups in total. The second kappa shape index (κ2) is 8.46. The predicted molar refractivity (Wildman–Crippen MR) is 112 cm³/mol. The summed E-state index contributed by atoms with van der Waals surface area (Å²) in [6.07, 6.45) is 5.61. The van der Waals surface area contributed by atoms with Crippen molar-refractivity contribution in [1.82, 2.24) is 14.8 Å². The van der Waals surface area contributed by atoms with Gasteiger partial charge >= 0.3 is 6.03 Å². The highest BCUT2D eigenvalue weighted by Crippen LogP contribution is 2.27. The monoisotopic (exact) mass is 387 g/mol. The maximum absolute atomic E-state index is 13.2. The van der Waals surface area contributed by atoms with E-state index < -0.39 is 0 Å². The molecule has 2 fully saturated rings. The number of anilines is 1. The van der Waals surface area contributed by atoms with Gasteiger partial charge in [-0.05, 0) is 48.2 Å². The first-order valence-corrected chi connectivity index (χ1v) is 10.0. The van der Waals surface area contributed by atoms with Crippen molar-refractivity contribution in [2.45, 2.75) is 25.4 Å². The number of urea groups is 1. The van der Waals surface area contributed by atoms with E-state index in [0.29, 0.717) is 18.7 Å². The van der Waals surface area contributed by atoms with Crippen LogP contribution in [0.5, 0.6) is 0 Å². The summed E-state index contributed by atoms with van der Waals surface area (Å²) in [7, 11) is 0. The lowest BCUT2D eigenvalue weighted by Crippen LogP contribution is -2.56. The van der Waals surface area contributed by atoms with Crippen LogP contribution in [-0.4, -0.2) is 53.0 Å². The molecule has 0 saturated carbocycles. The Morgan fingerprint density at radius 2 is 2.00 bits per heavy atom. The van der Waals surface area contributed by atoms with Crippen LogP contribution >= 0.6 is 0 Å². The Bertz CT molecular complexity index is 928. The molecule has 2 aromatic rings.